The Bertz CT molecular complexity index is 1280. The Morgan fingerprint density at radius 3 is 2.34 bits per heavy atom. The summed E-state index contributed by atoms with van der Waals surface area (Å²) in [6.07, 6.45) is 3.66. The molecule has 44 heavy (non-hydrogen) atoms. The van der Waals surface area contributed by atoms with E-state index in [-0.39, 0.29) is 36.6 Å². The van der Waals surface area contributed by atoms with Crippen molar-refractivity contribution in [3.8, 4) is 11.5 Å². The lowest BCUT2D eigenvalue weighted by molar-refractivity contribution is -0.154. The fourth-order valence-corrected chi connectivity index (χ4v) is 6.68. The van der Waals surface area contributed by atoms with Crippen LogP contribution in [-0.4, -0.2) is 64.7 Å². The molecule has 1 spiro atoms. The molecule has 1 saturated heterocycles. The van der Waals surface area contributed by atoms with Crippen molar-refractivity contribution in [2.24, 2.45) is 5.73 Å². The number of hydrogen-bond acceptors (Lipinski definition) is 8. The Kier molecular flexibility index (Phi) is 13.6. The second-order valence-electron chi connectivity index (χ2n) is 11.2. The minimum Gasteiger partial charge on any atom is -0.504 e. The quantitative estimate of drug-likeness (QED) is 0.263. The number of aryl methyl sites for hydroxylation is 1. The van der Waals surface area contributed by atoms with E-state index in [2.05, 4.69) is 38.8 Å². The molecule has 0 saturated carbocycles. The summed E-state index contributed by atoms with van der Waals surface area (Å²) < 4.78 is 11.4. The number of nitrogens with two attached hydrogens (primary N) is 1. The first-order chi connectivity index (χ1) is 21.0. The summed E-state index contributed by atoms with van der Waals surface area (Å²) in [6, 6.07) is 12.6. The predicted octanol–water partition coefficient (Wildman–Crippen LogP) is 6.16. The molecule has 4 unspecified atom stereocenters. The van der Waals surface area contributed by atoms with Crippen LogP contribution in [0, 0.1) is 6.92 Å². The van der Waals surface area contributed by atoms with Gasteiger partial charge in [-0.1, -0.05) is 77.1 Å². The number of nitrogens with zero attached hydrogens (tertiary/aromatic N) is 1. The fourth-order valence-electron chi connectivity index (χ4n) is 6.68. The number of Topliss-reactive ketones (excluding diaryl/α,β-unsaturated/α-hetero) is 1. The van der Waals surface area contributed by atoms with Gasteiger partial charge in [0.2, 0.25) is 0 Å². The van der Waals surface area contributed by atoms with Crippen molar-refractivity contribution in [1.82, 2.24) is 4.90 Å². The highest BCUT2D eigenvalue weighted by atomic mass is 16.5. The fraction of sp³-hybridized carbons (Fsp3) is 0.556. The molecule has 2 aliphatic heterocycles. The molecule has 2 heterocycles. The standard InChI is InChI=1S/C20H27NO3.C12H15NO3.2C2H6/c1-5-14-8-9-20(23)13(3)21(4)11-10-19(20)16-12(2)6-7-15(22)17(16)24-18(14)19;1-9(14)12(16-11(15)7-8-13)10-5-3-2-4-6-10;2*1-2/h6-8,13,18,22-23H,5,9-11H2,1-4H3;2-6,12H,7-8,13H2,1H3;2*1-2H3/t;12-;;/m.0../s1. The number of esters is 1. The third kappa shape index (κ3) is 6.87. The summed E-state index contributed by atoms with van der Waals surface area (Å²) in [5, 5.41) is 22.3. The first-order valence-corrected chi connectivity index (χ1v) is 16.1. The van der Waals surface area contributed by atoms with Crippen LogP contribution in [-0.2, 0) is 19.7 Å². The second-order valence-corrected chi connectivity index (χ2v) is 11.2. The second kappa shape index (κ2) is 16.2. The molecular weight excluding hydrogens is 556 g/mol. The summed E-state index contributed by atoms with van der Waals surface area (Å²) in [5.74, 6) is 0.114. The molecule has 3 aliphatic rings. The van der Waals surface area contributed by atoms with Gasteiger partial charge >= 0.3 is 5.97 Å². The molecule has 8 nitrogen and oxygen atoms in total. The van der Waals surface area contributed by atoms with Gasteiger partial charge in [-0.25, -0.2) is 0 Å². The molecule has 1 aliphatic carbocycles. The zero-order valence-corrected chi connectivity index (χ0v) is 28.1. The molecule has 8 heteroatoms. The number of ketones is 1. The van der Waals surface area contributed by atoms with Crippen LogP contribution >= 0.6 is 0 Å². The molecule has 5 atom stereocenters. The van der Waals surface area contributed by atoms with E-state index in [1.807, 2.05) is 39.8 Å². The number of likely N-dealkylation sites (tertiary alicyclic amines) is 1. The number of benzene rings is 2. The molecule has 244 valence electrons. The van der Waals surface area contributed by atoms with Crippen LogP contribution in [0.2, 0.25) is 0 Å². The number of phenols is 1. The maximum absolute atomic E-state index is 11.9. The highest BCUT2D eigenvalue weighted by Crippen LogP contribution is 2.62. The van der Waals surface area contributed by atoms with Crippen molar-refractivity contribution in [1.29, 1.82) is 0 Å². The van der Waals surface area contributed by atoms with Crippen LogP contribution in [0.1, 0.15) is 96.9 Å². The normalized spacial score (nSPS) is 25.3. The van der Waals surface area contributed by atoms with Gasteiger partial charge in [0.15, 0.2) is 23.4 Å². The number of aromatic hydroxyl groups is 1. The number of likely N-dealkylation sites (N-methyl/N-ethyl adjacent to an activating group) is 1. The largest absolute Gasteiger partial charge is 0.504 e. The van der Waals surface area contributed by atoms with Gasteiger partial charge in [0.25, 0.3) is 0 Å². The lowest BCUT2D eigenvalue weighted by Gasteiger charge is -2.59. The Hall–Kier alpha value is -3.20. The molecule has 1 fully saturated rings. The number of fused-ring (bicyclic) bond motifs is 1. The van der Waals surface area contributed by atoms with E-state index >= 15 is 0 Å². The highest BCUT2D eigenvalue weighted by Gasteiger charge is 2.68. The average Bonchev–Trinajstić information content (AvgIpc) is 3.41. The van der Waals surface area contributed by atoms with Gasteiger partial charge in [-0.2, -0.15) is 0 Å². The molecule has 0 amide bonds. The number of rotatable bonds is 6. The number of carbonyl (C=O) groups excluding carboxylic acids is 2. The van der Waals surface area contributed by atoms with E-state index in [4.69, 9.17) is 15.2 Å². The van der Waals surface area contributed by atoms with Crippen LogP contribution in [0.25, 0.3) is 0 Å². The number of hydrogen-bond donors (Lipinski definition) is 3. The average molecular weight is 611 g/mol. The van der Waals surface area contributed by atoms with E-state index in [1.165, 1.54) is 12.5 Å². The maximum Gasteiger partial charge on any atom is 0.308 e. The van der Waals surface area contributed by atoms with Crippen molar-refractivity contribution in [3.05, 3.63) is 70.8 Å². The third-order valence-electron chi connectivity index (χ3n) is 8.95. The number of phenolic OH excluding ortho intramolecular Hbond substituents is 1. The summed E-state index contributed by atoms with van der Waals surface area (Å²) in [7, 11) is 2.08. The molecule has 2 aromatic rings. The van der Waals surface area contributed by atoms with Crippen molar-refractivity contribution < 1.29 is 29.3 Å². The molecule has 0 radical (unpaired) electrons. The summed E-state index contributed by atoms with van der Waals surface area (Å²) in [5.41, 5.74) is 7.90. The lowest BCUT2D eigenvalue weighted by atomic mass is 9.53. The van der Waals surface area contributed by atoms with E-state index in [0.717, 1.165) is 30.5 Å². The van der Waals surface area contributed by atoms with Gasteiger partial charge in [-0.15, -0.1) is 0 Å². The molecule has 0 aromatic heterocycles. The molecule has 4 N–H and O–H groups in total. The van der Waals surface area contributed by atoms with E-state index in [0.29, 0.717) is 17.7 Å². The van der Waals surface area contributed by atoms with E-state index in [9.17, 15) is 19.8 Å². The van der Waals surface area contributed by atoms with Crippen LogP contribution in [0.3, 0.4) is 0 Å². The summed E-state index contributed by atoms with van der Waals surface area (Å²) in [4.78, 5) is 24.9. The summed E-state index contributed by atoms with van der Waals surface area (Å²) >= 11 is 0. The Balaban J connectivity index is 0.000000295. The van der Waals surface area contributed by atoms with Crippen molar-refractivity contribution in [2.75, 3.05) is 20.1 Å². The van der Waals surface area contributed by atoms with Gasteiger partial charge in [0.05, 0.1) is 17.4 Å². The molecule has 2 aromatic carbocycles. The third-order valence-corrected chi connectivity index (χ3v) is 8.95. The van der Waals surface area contributed by atoms with Crippen LogP contribution < -0.4 is 10.5 Å². The van der Waals surface area contributed by atoms with Crippen molar-refractivity contribution in [3.63, 3.8) is 0 Å². The Labute approximate surface area is 264 Å². The van der Waals surface area contributed by atoms with Gasteiger partial charge in [-0.3, -0.25) is 9.59 Å². The minimum atomic E-state index is -0.896. The number of ether oxygens (including phenoxy) is 2. The SMILES string of the molecule is CC.CC.CC(=O)[C@H](OC(=O)CCN)c1ccccc1.CCC1=CCC2(O)C(C)N(C)CCC23c2c(C)ccc(O)c2OC13. The monoisotopic (exact) mass is 610 g/mol. The lowest BCUT2D eigenvalue weighted by Crippen LogP contribution is -2.71. The van der Waals surface area contributed by atoms with Gasteiger partial charge in [0.1, 0.15) is 6.10 Å². The first-order valence-electron chi connectivity index (χ1n) is 16.1. The molecule has 5 rings (SSSR count). The zero-order chi connectivity index (χ0) is 33.2. The topological polar surface area (TPSA) is 122 Å². The molecular formula is C36H54N2O6. The molecule has 0 bridgehead atoms. The minimum absolute atomic E-state index is 0.0275. The number of piperidine rings is 1. The van der Waals surface area contributed by atoms with E-state index in [1.54, 1.807) is 30.3 Å². The van der Waals surface area contributed by atoms with Crippen LogP contribution in [0.5, 0.6) is 11.5 Å². The zero-order valence-electron chi connectivity index (χ0n) is 28.1. The predicted molar refractivity (Wildman–Crippen MR) is 176 cm³/mol. The summed E-state index contributed by atoms with van der Waals surface area (Å²) in [6.45, 7) is 16.8. The smallest absolute Gasteiger partial charge is 0.308 e. The van der Waals surface area contributed by atoms with Crippen LogP contribution in [0.15, 0.2) is 54.1 Å². The van der Waals surface area contributed by atoms with Gasteiger partial charge in [0, 0.05) is 18.2 Å². The maximum atomic E-state index is 11.9. The van der Waals surface area contributed by atoms with Crippen molar-refractivity contribution in [2.45, 2.75) is 110 Å². The van der Waals surface area contributed by atoms with E-state index < -0.39 is 23.1 Å². The highest BCUT2D eigenvalue weighted by molar-refractivity contribution is 5.84. The van der Waals surface area contributed by atoms with Gasteiger partial charge < -0.3 is 30.3 Å². The number of aliphatic hydroxyl groups is 1. The Morgan fingerprint density at radius 1 is 1.14 bits per heavy atom. The van der Waals surface area contributed by atoms with Crippen molar-refractivity contribution >= 4 is 11.8 Å². The first kappa shape index (κ1) is 37.0. The Morgan fingerprint density at radius 2 is 1.77 bits per heavy atom. The van der Waals surface area contributed by atoms with Crippen LogP contribution in [0.4, 0.5) is 0 Å². The number of carbonyl (C=O) groups is 2. The van der Waals surface area contributed by atoms with Gasteiger partial charge in [-0.05, 0) is 76.4 Å².